The molecule has 0 radical (unpaired) electrons. The minimum absolute atomic E-state index is 0.123. The van der Waals surface area contributed by atoms with E-state index in [1.54, 1.807) is 6.07 Å². The van der Waals surface area contributed by atoms with Crippen LogP contribution in [0.1, 0.15) is 17.0 Å². The van der Waals surface area contributed by atoms with Crippen molar-refractivity contribution in [2.45, 2.75) is 13.8 Å². The monoisotopic (exact) mass is 439 g/mol. The summed E-state index contributed by atoms with van der Waals surface area (Å²) in [4.78, 5) is 34.0. The zero-order valence-electron chi connectivity index (χ0n) is 16.6. The predicted molar refractivity (Wildman–Crippen MR) is 118 cm³/mol. The third-order valence-corrected chi connectivity index (χ3v) is 4.68. The number of hydrazone groups is 1. The summed E-state index contributed by atoms with van der Waals surface area (Å²) in [7, 11) is 0. The van der Waals surface area contributed by atoms with E-state index in [4.69, 9.17) is 11.6 Å². The molecule has 9 nitrogen and oxygen atoms in total. The number of aromatic nitrogens is 1. The molecule has 1 aromatic heterocycles. The molecule has 158 valence electrons. The average Bonchev–Trinajstić information content (AvgIpc) is 3.01. The maximum atomic E-state index is 12.0. The van der Waals surface area contributed by atoms with E-state index in [1.807, 2.05) is 42.7 Å². The van der Waals surface area contributed by atoms with Crippen LogP contribution in [0, 0.1) is 24.0 Å². The normalized spacial score (nSPS) is 10.8. The number of hydrogen-bond acceptors (Lipinski definition) is 5. The van der Waals surface area contributed by atoms with Crippen molar-refractivity contribution in [2.24, 2.45) is 5.10 Å². The van der Waals surface area contributed by atoms with E-state index in [9.17, 15) is 19.7 Å². The van der Waals surface area contributed by atoms with E-state index in [2.05, 4.69) is 15.8 Å². The van der Waals surface area contributed by atoms with Gasteiger partial charge in [0.2, 0.25) is 0 Å². The number of rotatable bonds is 5. The first kappa shape index (κ1) is 21.7. The molecular weight excluding hydrogens is 422 g/mol. The van der Waals surface area contributed by atoms with Crippen LogP contribution < -0.4 is 10.7 Å². The van der Waals surface area contributed by atoms with Crippen LogP contribution in [0.3, 0.4) is 0 Å². The summed E-state index contributed by atoms with van der Waals surface area (Å²) in [5.41, 5.74) is 5.78. The fourth-order valence-electron chi connectivity index (χ4n) is 3.00. The molecule has 31 heavy (non-hydrogen) atoms. The van der Waals surface area contributed by atoms with E-state index in [1.165, 1.54) is 30.5 Å². The lowest BCUT2D eigenvalue weighted by Gasteiger charge is -2.09. The molecule has 0 aliphatic heterocycles. The number of anilines is 1. The lowest BCUT2D eigenvalue weighted by molar-refractivity contribution is -0.384. The van der Waals surface area contributed by atoms with Crippen molar-refractivity contribution in [3.8, 4) is 5.69 Å². The van der Waals surface area contributed by atoms with E-state index in [0.717, 1.165) is 22.6 Å². The van der Waals surface area contributed by atoms with E-state index < -0.39 is 16.7 Å². The minimum atomic E-state index is -0.974. The summed E-state index contributed by atoms with van der Waals surface area (Å²) in [5.74, 6) is -1.92. The highest BCUT2D eigenvalue weighted by Crippen LogP contribution is 2.22. The van der Waals surface area contributed by atoms with Crippen molar-refractivity contribution in [2.75, 3.05) is 5.32 Å². The number of nitrogens with zero attached hydrogens (tertiary/aromatic N) is 3. The van der Waals surface area contributed by atoms with Crippen LogP contribution in [0.5, 0.6) is 0 Å². The number of carbonyl (C=O) groups excluding carboxylic acids is 2. The molecule has 0 saturated carbocycles. The van der Waals surface area contributed by atoms with Gasteiger partial charge in [-0.05, 0) is 50.2 Å². The van der Waals surface area contributed by atoms with Crippen LogP contribution in [-0.4, -0.2) is 27.5 Å². The largest absolute Gasteiger partial charge is 0.329 e. The Morgan fingerprint density at radius 2 is 1.81 bits per heavy atom. The number of halogens is 1. The Labute approximate surface area is 182 Å². The molecule has 3 aromatic rings. The van der Waals surface area contributed by atoms with Gasteiger partial charge >= 0.3 is 11.8 Å². The smallest absolute Gasteiger partial charge is 0.318 e. The van der Waals surface area contributed by atoms with Crippen LogP contribution in [0.2, 0.25) is 5.02 Å². The van der Waals surface area contributed by atoms with Gasteiger partial charge in [0.1, 0.15) is 0 Å². The van der Waals surface area contributed by atoms with E-state index in [-0.39, 0.29) is 11.4 Å². The van der Waals surface area contributed by atoms with Gasteiger partial charge in [0.05, 0.1) is 11.1 Å². The van der Waals surface area contributed by atoms with Gasteiger partial charge in [-0.1, -0.05) is 17.7 Å². The van der Waals surface area contributed by atoms with Crippen LogP contribution in [0.15, 0.2) is 59.7 Å². The van der Waals surface area contributed by atoms with Gasteiger partial charge in [0, 0.05) is 45.5 Å². The molecule has 0 atom stereocenters. The molecule has 0 aliphatic carbocycles. The Morgan fingerprint density at radius 1 is 1.10 bits per heavy atom. The second kappa shape index (κ2) is 9.23. The lowest BCUT2D eigenvalue weighted by atomic mass is 10.2. The number of non-ortho nitro benzene ring substituents is 1. The molecule has 0 spiro atoms. The Balaban J connectivity index is 1.65. The van der Waals surface area contributed by atoms with Crippen LogP contribution >= 0.6 is 11.6 Å². The van der Waals surface area contributed by atoms with Crippen molar-refractivity contribution >= 4 is 41.0 Å². The number of nitrogens with one attached hydrogen (secondary N) is 2. The van der Waals surface area contributed by atoms with Crippen molar-refractivity contribution in [1.82, 2.24) is 9.99 Å². The molecule has 0 fully saturated rings. The average molecular weight is 440 g/mol. The summed E-state index contributed by atoms with van der Waals surface area (Å²) < 4.78 is 2.00. The number of aryl methyl sites for hydroxylation is 1. The zero-order chi connectivity index (χ0) is 22.5. The van der Waals surface area contributed by atoms with Gasteiger partial charge in [-0.3, -0.25) is 19.7 Å². The lowest BCUT2D eigenvalue weighted by Crippen LogP contribution is -2.32. The van der Waals surface area contributed by atoms with Crippen molar-refractivity contribution in [1.29, 1.82) is 0 Å². The number of carbonyl (C=O) groups is 2. The first-order valence-corrected chi connectivity index (χ1v) is 9.48. The number of nitro groups is 1. The summed E-state index contributed by atoms with van der Waals surface area (Å²) in [6.07, 6.45) is 1.44. The Hall–Kier alpha value is -3.98. The van der Waals surface area contributed by atoms with Gasteiger partial charge in [-0.2, -0.15) is 5.10 Å². The maximum Gasteiger partial charge on any atom is 0.329 e. The molecule has 0 saturated heterocycles. The molecule has 0 bridgehead atoms. The summed E-state index contributed by atoms with van der Waals surface area (Å²) in [6.45, 7) is 3.83. The van der Waals surface area contributed by atoms with Gasteiger partial charge in [-0.15, -0.1) is 0 Å². The van der Waals surface area contributed by atoms with Crippen molar-refractivity contribution in [3.05, 3.63) is 86.7 Å². The van der Waals surface area contributed by atoms with Crippen molar-refractivity contribution < 1.29 is 14.5 Å². The molecule has 3 rings (SSSR count). The Kier molecular flexibility index (Phi) is 6.46. The second-order valence-corrected chi connectivity index (χ2v) is 7.04. The molecule has 0 aliphatic rings. The highest BCUT2D eigenvalue weighted by Gasteiger charge is 2.14. The predicted octanol–water partition coefficient (Wildman–Crippen LogP) is 3.74. The molecule has 2 amide bonds. The van der Waals surface area contributed by atoms with E-state index >= 15 is 0 Å². The van der Waals surface area contributed by atoms with Gasteiger partial charge in [0.25, 0.3) is 5.69 Å². The molecular formula is C21H18ClN5O4. The molecule has 2 aromatic carbocycles. The SMILES string of the molecule is Cc1cc(C=NNC(=O)C(=O)Nc2ccc([N+](=O)[O-])cc2)c(C)n1-c1cccc(Cl)c1. The van der Waals surface area contributed by atoms with Crippen molar-refractivity contribution in [3.63, 3.8) is 0 Å². The number of amides is 2. The second-order valence-electron chi connectivity index (χ2n) is 6.60. The summed E-state index contributed by atoms with van der Waals surface area (Å²) in [5, 5.41) is 17.5. The molecule has 10 heteroatoms. The first-order valence-electron chi connectivity index (χ1n) is 9.10. The quantitative estimate of drug-likeness (QED) is 0.272. The summed E-state index contributed by atoms with van der Waals surface area (Å²) in [6, 6.07) is 14.4. The third kappa shape index (κ3) is 5.14. The zero-order valence-corrected chi connectivity index (χ0v) is 17.4. The van der Waals surface area contributed by atoms with Crippen LogP contribution in [0.4, 0.5) is 11.4 Å². The number of hydrogen-bond donors (Lipinski definition) is 2. The minimum Gasteiger partial charge on any atom is -0.318 e. The number of nitro benzene ring substituents is 1. The Morgan fingerprint density at radius 3 is 2.45 bits per heavy atom. The fourth-order valence-corrected chi connectivity index (χ4v) is 3.18. The maximum absolute atomic E-state index is 12.0. The molecule has 2 N–H and O–H groups in total. The molecule has 1 heterocycles. The highest BCUT2D eigenvalue weighted by atomic mass is 35.5. The number of benzene rings is 2. The van der Waals surface area contributed by atoms with Crippen LogP contribution in [0.25, 0.3) is 5.69 Å². The van der Waals surface area contributed by atoms with Crippen LogP contribution in [-0.2, 0) is 9.59 Å². The highest BCUT2D eigenvalue weighted by molar-refractivity contribution is 6.39. The van der Waals surface area contributed by atoms with Gasteiger partial charge in [0.15, 0.2) is 0 Å². The summed E-state index contributed by atoms with van der Waals surface area (Å²) >= 11 is 6.08. The standard InChI is InChI=1S/C21H18ClN5O4/c1-13-10-15(14(2)26(13)19-5-3-4-16(22)11-19)12-23-25-21(29)20(28)24-17-6-8-18(9-7-17)27(30)31/h3-12H,1-2H3,(H,24,28)(H,25,29). The fraction of sp³-hybridized carbons (Fsp3) is 0.0952. The third-order valence-electron chi connectivity index (χ3n) is 4.45. The van der Waals surface area contributed by atoms with E-state index in [0.29, 0.717) is 5.02 Å². The molecule has 0 unspecified atom stereocenters. The Bertz CT molecular complexity index is 1180. The van der Waals surface area contributed by atoms with Gasteiger partial charge < -0.3 is 9.88 Å². The topological polar surface area (TPSA) is 119 Å². The first-order chi connectivity index (χ1) is 14.8. The van der Waals surface area contributed by atoms with Gasteiger partial charge in [-0.25, -0.2) is 5.43 Å².